The molecule has 0 saturated carbocycles. The molecule has 5 heteroatoms. The molecule has 0 spiro atoms. The number of benzene rings is 1. The summed E-state index contributed by atoms with van der Waals surface area (Å²) in [5.74, 6) is 0.509. The summed E-state index contributed by atoms with van der Waals surface area (Å²) in [6.07, 6.45) is 1.52. The minimum atomic E-state index is -0.147. The van der Waals surface area contributed by atoms with Gasteiger partial charge < -0.3 is 5.11 Å². The average molecular weight is 278 g/mol. The van der Waals surface area contributed by atoms with E-state index in [9.17, 15) is 5.11 Å². The Balaban J connectivity index is 1.91. The van der Waals surface area contributed by atoms with E-state index < -0.39 is 0 Å². The average Bonchev–Trinajstić information content (AvgIpc) is 2.90. The molecule has 0 unspecified atom stereocenters. The quantitative estimate of drug-likeness (QED) is 0.798. The van der Waals surface area contributed by atoms with E-state index in [1.165, 1.54) is 10.1 Å². The molecule has 1 N–H and O–H groups in total. The molecule has 2 aromatic heterocycles. The molecular weight excluding hydrogens is 264 g/mol. The Kier molecular flexibility index (Phi) is 3.28. The summed E-state index contributed by atoms with van der Waals surface area (Å²) in [5, 5.41) is 23.4. The third-order valence-electron chi connectivity index (χ3n) is 3.43. The highest BCUT2D eigenvalue weighted by Crippen LogP contribution is 2.22. The first kappa shape index (κ1) is 13.1. The normalized spacial score (nSPS) is 10.7. The van der Waals surface area contributed by atoms with Crippen LogP contribution in [0.15, 0.2) is 36.4 Å². The van der Waals surface area contributed by atoms with Crippen molar-refractivity contribution in [2.45, 2.75) is 19.8 Å². The highest BCUT2D eigenvalue weighted by Gasteiger charge is 2.13. The Hall–Kier alpha value is -2.87. The predicted octanol–water partition coefficient (Wildman–Crippen LogP) is 2.40. The molecule has 0 fully saturated rings. The molecule has 1 aromatic carbocycles. The van der Waals surface area contributed by atoms with Crippen LogP contribution in [0.1, 0.15) is 22.5 Å². The van der Waals surface area contributed by atoms with Crippen LogP contribution < -0.4 is 0 Å². The summed E-state index contributed by atoms with van der Waals surface area (Å²) in [6, 6.07) is 13.9. The fraction of sp³-hybridized carbons (Fsp3) is 0.188. The summed E-state index contributed by atoms with van der Waals surface area (Å²) in [6.45, 7) is 1.77. The fourth-order valence-corrected chi connectivity index (χ4v) is 2.31. The Bertz CT molecular complexity index is 831. The van der Waals surface area contributed by atoms with Crippen molar-refractivity contribution in [3.05, 3.63) is 58.9 Å². The van der Waals surface area contributed by atoms with Gasteiger partial charge in [0.15, 0.2) is 11.5 Å². The number of hydrogen-bond acceptors (Lipinski definition) is 4. The summed E-state index contributed by atoms with van der Waals surface area (Å²) in [7, 11) is 0. The molecule has 5 nitrogen and oxygen atoms in total. The van der Waals surface area contributed by atoms with E-state index >= 15 is 0 Å². The molecule has 3 rings (SSSR count). The Morgan fingerprint density at radius 3 is 2.71 bits per heavy atom. The van der Waals surface area contributed by atoms with Crippen molar-refractivity contribution in [1.82, 2.24) is 14.6 Å². The molecule has 0 aliphatic carbocycles. The van der Waals surface area contributed by atoms with Crippen LogP contribution in [0.5, 0.6) is 5.88 Å². The van der Waals surface area contributed by atoms with Gasteiger partial charge in [0.25, 0.3) is 0 Å². The summed E-state index contributed by atoms with van der Waals surface area (Å²) in [5.41, 5.74) is 2.72. The lowest BCUT2D eigenvalue weighted by Crippen LogP contribution is -1.96. The maximum Gasteiger partial charge on any atom is 0.232 e. The SMILES string of the molecule is Cc1cc2nc(CCc3ccccc3)nn2c(O)c1C#N. The van der Waals surface area contributed by atoms with Crippen LogP contribution in [0.2, 0.25) is 0 Å². The van der Waals surface area contributed by atoms with E-state index in [1.807, 2.05) is 24.3 Å². The number of nitriles is 1. The second kappa shape index (κ2) is 5.25. The van der Waals surface area contributed by atoms with Crippen LogP contribution in [-0.4, -0.2) is 19.7 Å². The first-order chi connectivity index (χ1) is 10.2. The van der Waals surface area contributed by atoms with Crippen LogP contribution in [0.3, 0.4) is 0 Å². The van der Waals surface area contributed by atoms with Crippen LogP contribution in [-0.2, 0) is 12.8 Å². The first-order valence-corrected chi connectivity index (χ1v) is 6.71. The Labute approximate surface area is 122 Å². The van der Waals surface area contributed by atoms with E-state index in [0.29, 0.717) is 23.5 Å². The molecule has 0 aliphatic rings. The number of aromatic hydroxyl groups is 1. The lowest BCUT2D eigenvalue weighted by molar-refractivity contribution is 0.433. The lowest BCUT2D eigenvalue weighted by Gasteiger charge is -2.01. The molecule has 3 aromatic rings. The number of rotatable bonds is 3. The summed E-state index contributed by atoms with van der Waals surface area (Å²) in [4.78, 5) is 4.41. The van der Waals surface area contributed by atoms with Crippen molar-refractivity contribution in [3.8, 4) is 11.9 Å². The molecule has 0 bridgehead atoms. The zero-order valence-electron chi connectivity index (χ0n) is 11.6. The number of aryl methyl sites for hydroxylation is 3. The molecule has 0 aliphatic heterocycles. The Morgan fingerprint density at radius 2 is 2.00 bits per heavy atom. The zero-order chi connectivity index (χ0) is 14.8. The highest BCUT2D eigenvalue weighted by molar-refractivity contribution is 5.53. The fourth-order valence-electron chi connectivity index (χ4n) is 2.31. The number of hydrogen-bond donors (Lipinski definition) is 1. The number of aromatic nitrogens is 3. The monoisotopic (exact) mass is 278 g/mol. The minimum absolute atomic E-state index is 0.147. The van der Waals surface area contributed by atoms with Crippen LogP contribution in [0, 0.1) is 18.3 Å². The van der Waals surface area contributed by atoms with Gasteiger partial charge in [-0.2, -0.15) is 9.78 Å². The summed E-state index contributed by atoms with van der Waals surface area (Å²) >= 11 is 0. The van der Waals surface area contributed by atoms with E-state index in [2.05, 4.69) is 22.2 Å². The largest absolute Gasteiger partial charge is 0.492 e. The Morgan fingerprint density at radius 1 is 1.24 bits per heavy atom. The minimum Gasteiger partial charge on any atom is -0.492 e. The van der Waals surface area contributed by atoms with Crippen LogP contribution >= 0.6 is 0 Å². The van der Waals surface area contributed by atoms with Gasteiger partial charge >= 0.3 is 0 Å². The van der Waals surface area contributed by atoms with E-state index in [4.69, 9.17) is 5.26 Å². The molecule has 0 radical (unpaired) electrons. The van der Waals surface area contributed by atoms with Crippen molar-refractivity contribution < 1.29 is 5.11 Å². The second-order valence-corrected chi connectivity index (χ2v) is 4.92. The molecule has 0 amide bonds. The van der Waals surface area contributed by atoms with Gasteiger partial charge in [-0.15, -0.1) is 5.10 Å². The van der Waals surface area contributed by atoms with Crippen LogP contribution in [0.25, 0.3) is 5.65 Å². The third kappa shape index (κ3) is 2.43. The van der Waals surface area contributed by atoms with Gasteiger partial charge in [0.05, 0.1) is 0 Å². The number of pyridine rings is 1. The van der Waals surface area contributed by atoms with Gasteiger partial charge in [-0.05, 0) is 30.5 Å². The molecular formula is C16H14N4O. The topological polar surface area (TPSA) is 74.2 Å². The van der Waals surface area contributed by atoms with Crippen LogP contribution in [0.4, 0.5) is 0 Å². The van der Waals surface area contributed by atoms with Crippen molar-refractivity contribution >= 4 is 5.65 Å². The van der Waals surface area contributed by atoms with E-state index in [0.717, 1.165) is 6.42 Å². The molecule has 0 saturated heterocycles. The first-order valence-electron chi connectivity index (χ1n) is 6.71. The second-order valence-electron chi connectivity index (χ2n) is 4.92. The van der Waals surface area contributed by atoms with Gasteiger partial charge in [-0.1, -0.05) is 30.3 Å². The molecule has 21 heavy (non-hydrogen) atoms. The third-order valence-corrected chi connectivity index (χ3v) is 3.43. The van der Waals surface area contributed by atoms with Gasteiger partial charge in [0.1, 0.15) is 11.6 Å². The van der Waals surface area contributed by atoms with Crippen molar-refractivity contribution in [2.75, 3.05) is 0 Å². The zero-order valence-corrected chi connectivity index (χ0v) is 11.6. The predicted molar refractivity (Wildman–Crippen MR) is 78.0 cm³/mol. The van der Waals surface area contributed by atoms with Crippen molar-refractivity contribution in [2.24, 2.45) is 0 Å². The van der Waals surface area contributed by atoms with Gasteiger partial charge in [-0.25, -0.2) is 4.98 Å². The number of nitrogens with zero attached hydrogens (tertiary/aromatic N) is 4. The molecule has 0 atom stereocenters. The molecule has 104 valence electrons. The van der Waals surface area contributed by atoms with E-state index in [1.54, 1.807) is 13.0 Å². The maximum absolute atomic E-state index is 10.1. The summed E-state index contributed by atoms with van der Waals surface area (Å²) < 4.78 is 1.33. The molecule has 2 heterocycles. The number of fused-ring (bicyclic) bond motifs is 1. The van der Waals surface area contributed by atoms with Gasteiger partial charge in [0, 0.05) is 6.42 Å². The standard InChI is InChI=1S/C16H14N4O/c1-11-9-15-18-14(8-7-12-5-3-2-4-6-12)19-20(15)16(21)13(11)10-17/h2-6,9,21H,7-8H2,1H3. The lowest BCUT2D eigenvalue weighted by atomic mass is 10.1. The van der Waals surface area contributed by atoms with Gasteiger partial charge in [0.2, 0.25) is 5.88 Å². The van der Waals surface area contributed by atoms with Gasteiger partial charge in [-0.3, -0.25) is 0 Å². The maximum atomic E-state index is 10.1. The smallest absolute Gasteiger partial charge is 0.232 e. The van der Waals surface area contributed by atoms with E-state index in [-0.39, 0.29) is 11.4 Å². The van der Waals surface area contributed by atoms with Crippen molar-refractivity contribution in [3.63, 3.8) is 0 Å². The van der Waals surface area contributed by atoms with Crippen molar-refractivity contribution in [1.29, 1.82) is 5.26 Å². The highest BCUT2D eigenvalue weighted by atomic mass is 16.3.